The van der Waals surface area contributed by atoms with Gasteiger partial charge < -0.3 is 10.6 Å². The van der Waals surface area contributed by atoms with Crippen molar-refractivity contribution in [2.24, 2.45) is 0 Å². The molecule has 0 radical (unpaired) electrons. The minimum atomic E-state index is -4.60. The second-order valence-electron chi connectivity index (χ2n) is 2.64. The summed E-state index contributed by atoms with van der Waals surface area (Å²) in [7, 11) is 1.65. The minimum Gasteiger partial charge on any atom is -0.351 e. The summed E-state index contributed by atoms with van der Waals surface area (Å²) in [6.07, 6.45) is -3.56. The lowest BCUT2D eigenvalue weighted by atomic mass is 10.3. The van der Waals surface area contributed by atoms with Crippen LogP contribution >= 0.6 is 0 Å². The summed E-state index contributed by atoms with van der Waals surface area (Å²) in [4.78, 5) is 10.5. The summed E-state index contributed by atoms with van der Waals surface area (Å²) in [5.74, 6) is -6.52. The zero-order valence-electron chi connectivity index (χ0n) is 7.62. The zero-order chi connectivity index (χ0) is 11.2. The van der Waals surface area contributed by atoms with Crippen molar-refractivity contribution in [1.29, 1.82) is 0 Å². The van der Waals surface area contributed by atoms with Crippen LogP contribution in [-0.2, 0) is 4.79 Å². The third-order valence-electron chi connectivity index (χ3n) is 1.47. The average Bonchev–Trinajstić information content (AvgIpc) is 2.11. The standard InChI is InChI=1S/C7H12F4N2O/c1-12-3-2-4-13-6(14)7(10,11)5(8)9/h5,12H,2-4H2,1H3,(H,13,14). The van der Waals surface area contributed by atoms with Crippen LogP contribution in [0, 0.1) is 0 Å². The first-order valence-electron chi connectivity index (χ1n) is 4.01. The van der Waals surface area contributed by atoms with Gasteiger partial charge in [0, 0.05) is 6.54 Å². The molecular weight excluding hydrogens is 204 g/mol. The van der Waals surface area contributed by atoms with Crippen LogP contribution in [0.3, 0.4) is 0 Å². The van der Waals surface area contributed by atoms with Crippen LogP contribution in [-0.4, -0.2) is 38.4 Å². The van der Waals surface area contributed by atoms with Gasteiger partial charge in [0.1, 0.15) is 0 Å². The van der Waals surface area contributed by atoms with Gasteiger partial charge in [0.05, 0.1) is 0 Å². The Morgan fingerprint density at radius 3 is 2.36 bits per heavy atom. The lowest BCUT2D eigenvalue weighted by molar-refractivity contribution is -0.169. The molecule has 7 heteroatoms. The summed E-state index contributed by atoms with van der Waals surface area (Å²) >= 11 is 0. The molecule has 0 saturated carbocycles. The van der Waals surface area contributed by atoms with E-state index in [9.17, 15) is 22.4 Å². The first kappa shape index (κ1) is 13.2. The maximum Gasteiger partial charge on any atom is 0.383 e. The number of rotatable bonds is 6. The summed E-state index contributed by atoms with van der Waals surface area (Å²) in [6, 6.07) is 0. The van der Waals surface area contributed by atoms with Crippen molar-refractivity contribution in [3.63, 3.8) is 0 Å². The van der Waals surface area contributed by atoms with Crippen LogP contribution in [0.1, 0.15) is 6.42 Å². The highest BCUT2D eigenvalue weighted by Crippen LogP contribution is 2.22. The largest absolute Gasteiger partial charge is 0.383 e. The predicted molar refractivity (Wildman–Crippen MR) is 42.5 cm³/mol. The molecule has 14 heavy (non-hydrogen) atoms. The first-order valence-corrected chi connectivity index (χ1v) is 4.01. The number of carbonyl (C=O) groups excluding carboxylic acids is 1. The molecule has 0 aromatic carbocycles. The van der Waals surface area contributed by atoms with Crippen LogP contribution < -0.4 is 10.6 Å². The lowest BCUT2D eigenvalue weighted by Crippen LogP contribution is -2.45. The number of hydrogen-bond donors (Lipinski definition) is 2. The minimum absolute atomic E-state index is 0.0536. The maximum atomic E-state index is 12.3. The number of hydrogen-bond acceptors (Lipinski definition) is 2. The van der Waals surface area contributed by atoms with Gasteiger partial charge in [-0.05, 0) is 20.0 Å². The van der Waals surface area contributed by atoms with E-state index in [1.165, 1.54) is 0 Å². The molecule has 0 aliphatic rings. The molecule has 0 aromatic rings. The van der Waals surface area contributed by atoms with Crippen LogP contribution in [0.15, 0.2) is 0 Å². The van der Waals surface area contributed by atoms with Gasteiger partial charge in [-0.3, -0.25) is 4.79 Å². The summed E-state index contributed by atoms with van der Waals surface area (Å²) in [5, 5.41) is 4.45. The lowest BCUT2D eigenvalue weighted by Gasteiger charge is -2.14. The highest BCUT2D eigenvalue weighted by molar-refractivity contribution is 5.83. The van der Waals surface area contributed by atoms with Crippen LogP contribution in [0.5, 0.6) is 0 Å². The van der Waals surface area contributed by atoms with E-state index in [2.05, 4.69) is 5.32 Å². The fourth-order valence-electron chi connectivity index (χ4n) is 0.684. The van der Waals surface area contributed by atoms with Crippen molar-refractivity contribution in [3.05, 3.63) is 0 Å². The molecule has 0 fully saturated rings. The quantitative estimate of drug-likeness (QED) is 0.504. The van der Waals surface area contributed by atoms with Crippen molar-refractivity contribution in [3.8, 4) is 0 Å². The molecule has 0 unspecified atom stereocenters. The van der Waals surface area contributed by atoms with Gasteiger partial charge in [0.2, 0.25) is 0 Å². The van der Waals surface area contributed by atoms with Crippen molar-refractivity contribution in [1.82, 2.24) is 10.6 Å². The number of halogens is 4. The average molecular weight is 216 g/mol. The number of nitrogens with one attached hydrogen (secondary N) is 2. The van der Waals surface area contributed by atoms with Gasteiger partial charge in [0.15, 0.2) is 0 Å². The Bertz CT molecular complexity index is 187. The van der Waals surface area contributed by atoms with Gasteiger partial charge in [-0.2, -0.15) is 8.78 Å². The van der Waals surface area contributed by atoms with E-state index in [1.54, 1.807) is 12.4 Å². The summed E-state index contributed by atoms with van der Waals surface area (Å²) in [6.45, 7) is 0.461. The van der Waals surface area contributed by atoms with Crippen LogP contribution in [0.4, 0.5) is 17.6 Å². The Morgan fingerprint density at radius 2 is 1.93 bits per heavy atom. The van der Waals surface area contributed by atoms with Gasteiger partial charge in [0.25, 0.3) is 5.91 Å². The second-order valence-corrected chi connectivity index (χ2v) is 2.64. The van der Waals surface area contributed by atoms with E-state index in [0.29, 0.717) is 13.0 Å². The molecule has 0 spiro atoms. The summed E-state index contributed by atoms with van der Waals surface area (Å²) in [5.41, 5.74) is 0. The molecule has 0 heterocycles. The van der Waals surface area contributed by atoms with E-state index in [-0.39, 0.29) is 6.54 Å². The highest BCUT2D eigenvalue weighted by Gasteiger charge is 2.48. The van der Waals surface area contributed by atoms with Crippen molar-refractivity contribution < 1.29 is 22.4 Å². The molecule has 3 nitrogen and oxygen atoms in total. The molecule has 0 aromatic heterocycles. The van der Waals surface area contributed by atoms with Crippen LogP contribution in [0.2, 0.25) is 0 Å². The Balaban J connectivity index is 3.84. The van der Waals surface area contributed by atoms with Crippen molar-refractivity contribution in [2.75, 3.05) is 20.1 Å². The Labute approximate surface area is 78.9 Å². The summed E-state index contributed by atoms with van der Waals surface area (Å²) < 4.78 is 47.8. The van der Waals surface area contributed by atoms with Gasteiger partial charge >= 0.3 is 12.3 Å². The Hall–Kier alpha value is -0.850. The van der Waals surface area contributed by atoms with E-state index < -0.39 is 18.3 Å². The van der Waals surface area contributed by atoms with Gasteiger partial charge in [-0.15, -0.1) is 0 Å². The van der Waals surface area contributed by atoms with Crippen molar-refractivity contribution in [2.45, 2.75) is 18.8 Å². The van der Waals surface area contributed by atoms with Crippen LogP contribution in [0.25, 0.3) is 0 Å². The topological polar surface area (TPSA) is 41.1 Å². The molecule has 0 bridgehead atoms. The Morgan fingerprint density at radius 1 is 1.36 bits per heavy atom. The smallest absolute Gasteiger partial charge is 0.351 e. The molecule has 84 valence electrons. The molecule has 0 saturated heterocycles. The molecule has 2 N–H and O–H groups in total. The number of alkyl halides is 4. The molecule has 1 amide bonds. The number of amides is 1. The van der Waals surface area contributed by atoms with Crippen molar-refractivity contribution >= 4 is 5.91 Å². The Kier molecular flexibility index (Phi) is 5.44. The van der Waals surface area contributed by atoms with Gasteiger partial charge in [-0.25, -0.2) is 8.78 Å². The van der Waals surface area contributed by atoms with E-state index >= 15 is 0 Å². The third kappa shape index (κ3) is 3.91. The normalized spacial score (nSPS) is 11.9. The maximum absolute atomic E-state index is 12.3. The molecule has 0 rings (SSSR count). The molecule has 0 atom stereocenters. The van der Waals surface area contributed by atoms with E-state index in [4.69, 9.17) is 0 Å². The monoisotopic (exact) mass is 216 g/mol. The zero-order valence-corrected chi connectivity index (χ0v) is 7.62. The fourth-order valence-corrected chi connectivity index (χ4v) is 0.684. The molecular formula is C7H12F4N2O. The molecule has 0 aliphatic heterocycles. The fraction of sp³-hybridized carbons (Fsp3) is 0.857. The second kappa shape index (κ2) is 5.79. The first-order chi connectivity index (χ1) is 6.42. The van der Waals surface area contributed by atoms with E-state index in [1.807, 2.05) is 0 Å². The number of carbonyl (C=O) groups is 1. The molecule has 0 aliphatic carbocycles. The SMILES string of the molecule is CNCCCNC(=O)C(F)(F)C(F)F. The highest BCUT2D eigenvalue weighted by atomic mass is 19.3. The van der Waals surface area contributed by atoms with Gasteiger partial charge in [-0.1, -0.05) is 0 Å². The predicted octanol–water partition coefficient (Wildman–Crippen LogP) is 0.612. The van der Waals surface area contributed by atoms with E-state index in [0.717, 1.165) is 0 Å². The third-order valence-corrected chi connectivity index (χ3v) is 1.47.